The van der Waals surface area contributed by atoms with Crippen LogP contribution in [-0.4, -0.2) is 15.6 Å². The standard InChI is InChI=1S/C40H34N2O3S2/c1-2-3-4-5-6-12-21-42-32-16-11-10-15-30(32)37-31(26-13-8-7-9-14-26)23-27-24-36(47-39(27)38(37)42)35-20-19-34(46-35)33-18-17-29(45-33)22-28(25-41)40(43)44/h7-11,13-20,22-24H,2-6,12,21H2,1H3,(H,43,44)/b28-22+. The van der Waals surface area contributed by atoms with Crippen molar-refractivity contribution in [1.82, 2.24) is 4.57 Å². The van der Waals surface area contributed by atoms with Crippen LogP contribution in [0.1, 0.15) is 51.2 Å². The van der Waals surface area contributed by atoms with Crippen LogP contribution in [-0.2, 0) is 11.3 Å². The number of fused-ring (bicyclic) bond motifs is 5. The molecular formula is C40H34N2O3S2. The molecule has 0 unspecified atom stereocenters. The molecule has 4 aromatic heterocycles. The number of para-hydroxylation sites is 1. The lowest BCUT2D eigenvalue weighted by Crippen LogP contribution is -1.98. The third-order valence-corrected chi connectivity index (χ3v) is 11.1. The van der Waals surface area contributed by atoms with Gasteiger partial charge in [0.15, 0.2) is 0 Å². The molecule has 1 N–H and O–H groups in total. The molecule has 7 heteroatoms. The summed E-state index contributed by atoms with van der Waals surface area (Å²) in [6.45, 7) is 3.26. The van der Waals surface area contributed by atoms with Crippen LogP contribution in [0.3, 0.4) is 0 Å². The predicted molar refractivity (Wildman–Crippen MR) is 196 cm³/mol. The summed E-state index contributed by atoms with van der Waals surface area (Å²) in [6, 6.07) is 33.7. The van der Waals surface area contributed by atoms with E-state index in [1.807, 2.05) is 23.5 Å². The predicted octanol–water partition coefficient (Wildman–Crippen LogP) is 12.0. The van der Waals surface area contributed by atoms with Gasteiger partial charge in [-0.2, -0.15) is 5.26 Å². The van der Waals surface area contributed by atoms with Crippen LogP contribution in [0.4, 0.5) is 0 Å². The van der Waals surface area contributed by atoms with Crippen molar-refractivity contribution in [2.45, 2.75) is 52.0 Å². The molecule has 7 aromatic rings. The highest BCUT2D eigenvalue weighted by molar-refractivity contribution is 7.27. The average Bonchev–Trinajstić information content (AvgIpc) is 3.90. The Morgan fingerprint density at radius 3 is 2.45 bits per heavy atom. The second-order valence-electron chi connectivity index (χ2n) is 11.8. The molecule has 0 radical (unpaired) electrons. The normalized spacial score (nSPS) is 12.0. The van der Waals surface area contributed by atoms with Crippen molar-refractivity contribution in [1.29, 1.82) is 5.26 Å². The molecule has 0 saturated carbocycles. The minimum absolute atomic E-state index is 0.338. The number of thiophene rings is 2. The Labute approximate surface area is 281 Å². The molecule has 4 heterocycles. The number of rotatable bonds is 12. The van der Waals surface area contributed by atoms with Gasteiger partial charge in [-0.05, 0) is 65.4 Å². The van der Waals surface area contributed by atoms with Gasteiger partial charge < -0.3 is 14.1 Å². The van der Waals surface area contributed by atoms with Gasteiger partial charge in [0.05, 0.1) is 15.1 Å². The molecule has 0 atom stereocenters. The van der Waals surface area contributed by atoms with Gasteiger partial charge >= 0.3 is 5.97 Å². The first-order chi connectivity index (χ1) is 23.1. The van der Waals surface area contributed by atoms with Gasteiger partial charge in [-0.3, -0.25) is 0 Å². The Kier molecular flexibility index (Phi) is 8.80. The van der Waals surface area contributed by atoms with Crippen molar-refractivity contribution in [3.8, 4) is 37.6 Å². The van der Waals surface area contributed by atoms with E-state index in [0.29, 0.717) is 11.5 Å². The second-order valence-corrected chi connectivity index (χ2v) is 14.0. The first-order valence-electron chi connectivity index (χ1n) is 16.1. The molecule has 0 fully saturated rings. The molecule has 7 rings (SSSR count). The molecule has 0 aliphatic heterocycles. The van der Waals surface area contributed by atoms with E-state index < -0.39 is 5.97 Å². The lowest BCUT2D eigenvalue weighted by Gasteiger charge is -2.10. The number of unbranched alkanes of at least 4 members (excludes halogenated alkanes) is 5. The Balaban J connectivity index is 1.33. The maximum atomic E-state index is 11.3. The number of carbonyl (C=O) groups is 1. The Morgan fingerprint density at radius 2 is 1.64 bits per heavy atom. The molecule has 0 saturated heterocycles. The van der Waals surface area contributed by atoms with Crippen LogP contribution in [0.15, 0.2) is 101 Å². The number of hydrogen-bond donors (Lipinski definition) is 1. The van der Waals surface area contributed by atoms with Crippen molar-refractivity contribution in [2.75, 3.05) is 0 Å². The summed E-state index contributed by atoms with van der Waals surface area (Å²) in [4.78, 5) is 14.6. The molecule has 0 aliphatic rings. The highest BCUT2D eigenvalue weighted by Gasteiger charge is 2.21. The molecule has 0 aliphatic carbocycles. The van der Waals surface area contributed by atoms with E-state index in [9.17, 15) is 9.90 Å². The average molecular weight is 655 g/mol. The van der Waals surface area contributed by atoms with Crippen molar-refractivity contribution in [3.63, 3.8) is 0 Å². The largest absolute Gasteiger partial charge is 0.477 e. The number of carboxylic acid groups (broad SMARTS) is 1. The highest BCUT2D eigenvalue weighted by Crippen LogP contribution is 2.47. The van der Waals surface area contributed by atoms with Crippen LogP contribution in [0.25, 0.3) is 69.5 Å². The number of aromatic nitrogens is 1. The number of aryl methyl sites for hydroxylation is 1. The maximum Gasteiger partial charge on any atom is 0.346 e. The number of nitriles is 1. The third kappa shape index (κ3) is 6.03. The van der Waals surface area contributed by atoms with Gasteiger partial charge in [-0.15, -0.1) is 22.7 Å². The number of carboxylic acids is 1. The Hall–Kier alpha value is -4.90. The second kappa shape index (κ2) is 13.4. The summed E-state index contributed by atoms with van der Waals surface area (Å²) in [6.07, 6.45) is 8.81. The van der Waals surface area contributed by atoms with Crippen molar-refractivity contribution in [3.05, 3.63) is 102 Å². The molecule has 47 heavy (non-hydrogen) atoms. The van der Waals surface area contributed by atoms with Crippen molar-refractivity contribution in [2.24, 2.45) is 0 Å². The zero-order valence-electron chi connectivity index (χ0n) is 26.2. The fourth-order valence-corrected chi connectivity index (χ4v) is 8.68. The minimum Gasteiger partial charge on any atom is -0.477 e. The van der Waals surface area contributed by atoms with Crippen molar-refractivity contribution >= 4 is 66.6 Å². The van der Waals surface area contributed by atoms with Crippen LogP contribution >= 0.6 is 22.7 Å². The fourth-order valence-electron chi connectivity index (χ4n) is 6.44. The van der Waals surface area contributed by atoms with Crippen LogP contribution in [0, 0.1) is 11.3 Å². The SMILES string of the molecule is CCCCCCCCn1c2ccccc2c2c(-c3ccccc3)cc3cc(-c4ccc(-c5ccc(/C=C(\C#N)C(=O)O)o5)s4)sc3c21. The van der Waals surface area contributed by atoms with Gasteiger partial charge in [0.25, 0.3) is 0 Å². The Morgan fingerprint density at radius 1 is 0.872 bits per heavy atom. The Bertz CT molecular complexity index is 2290. The van der Waals surface area contributed by atoms with Gasteiger partial charge in [0.2, 0.25) is 0 Å². The number of benzene rings is 3. The van der Waals surface area contributed by atoms with E-state index in [2.05, 4.69) is 84.3 Å². The van der Waals surface area contributed by atoms with E-state index in [1.165, 1.54) is 86.1 Å². The van der Waals surface area contributed by atoms with Crippen LogP contribution in [0.5, 0.6) is 0 Å². The number of nitrogens with zero attached hydrogens (tertiary/aromatic N) is 2. The molecule has 0 spiro atoms. The summed E-state index contributed by atoms with van der Waals surface area (Å²) < 4.78 is 9.79. The maximum absolute atomic E-state index is 11.3. The zero-order valence-corrected chi connectivity index (χ0v) is 27.8. The summed E-state index contributed by atoms with van der Waals surface area (Å²) in [5, 5.41) is 22.2. The summed E-state index contributed by atoms with van der Waals surface area (Å²) in [5.74, 6) is -0.293. The van der Waals surface area contributed by atoms with Gasteiger partial charge in [-0.25, -0.2) is 4.79 Å². The summed E-state index contributed by atoms with van der Waals surface area (Å²) in [7, 11) is 0. The zero-order chi connectivity index (χ0) is 32.3. The molecule has 234 valence electrons. The van der Waals surface area contributed by atoms with Gasteiger partial charge in [0.1, 0.15) is 23.2 Å². The molecule has 0 amide bonds. The number of aliphatic carboxylic acids is 1. The molecule has 3 aromatic carbocycles. The fraction of sp³-hybridized carbons (Fsp3) is 0.200. The summed E-state index contributed by atoms with van der Waals surface area (Å²) >= 11 is 3.48. The molecule has 0 bridgehead atoms. The van der Waals surface area contributed by atoms with Crippen LogP contribution < -0.4 is 0 Å². The van der Waals surface area contributed by atoms with Crippen molar-refractivity contribution < 1.29 is 14.3 Å². The van der Waals surface area contributed by atoms with E-state index in [0.717, 1.165) is 22.7 Å². The van der Waals surface area contributed by atoms with E-state index >= 15 is 0 Å². The topological polar surface area (TPSA) is 79.2 Å². The highest BCUT2D eigenvalue weighted by atomic mass is 32.1. The van der Waals surface area contributed by atoms with E-state index in [-0.39, 0.29) is 5.57 Å². The first kappa shape index (κ1) is 30.7. The van der Waals surface area contributed by atoms with Gasteiger partial charge in [-0.1, -0.05) is 87.6 Å². The first-order valence-corrected chi connectivity index (χ1v) is 17.8. The smallest absolute Gasteiger partial charge is 0.346 e. The summed E-state index contributed by atoms with van der Waals surface area (Å²) in [5.41, 5.74) is 4.73. The lowest BCUT2D eigenvalue weighted by molar-refractivity contribution is -0.132. The molecular weight excluding hydrogens is 621 g/mol. The molecule has 5 nitrogen and oxygen atoms in total. The quantitative estimate of drug-likeness (QED) is 0.0808. The van der Waals surface area contributed by atoms with E-state index in [4.69, 9.17) is 9.68 Å². The number of hydrogen-bond acceptors (Lipinski definition) is 5. The van der Waals surface area contributed by atoms with Gasteiger partial charge in [0, 0.05) is 38.7 Å². The van der Waals surface area contributed by atoms with Crippen LogP contribution in [0.2, 0.25) is 0 Å². The minimum atomic E-state index is -1.27. The lowest BCUT2D eigenvalue weighted by atomic mass is 9.98. The third-order valence-electron chi connectivity index (χ3n) is 8.69. The van der Waals surface area contributed by atoms with E-state index in [1.54, 1.807) is 23.5 Å². The monoisotopic (exact) mass is 654 g/mol. The number of furan rings is 1.